The molecule has 0 aliphatic heterocycles. The van der Waals surface area contributed by atoms with Crippen molar-refractivity contribution in [2.75, 3.05) is 13.2 Å². The van der Waals surface area contributed by atoms with Crippen LogP contribution in [0.1, 0.15) is 25.7 Å². The molecule has 0 bridgehead atoms. The minimum atomic E-state index is 0.342. The summed E-state index contributed by atoms with van der Waals surface area (Å²) in [5, 5.41) is 1.15. The van der Waals surface area contributed by atoms with E-state index in [4.69, 9.17) is 45.3 Å². The summed E-state index contributed by atoms with van der Waals surface area (Å²) in [4.78, 5) is 0. The van der Waals surface area contributed by atoms with Gasteiger partial charge in [-0.3, -0.25) is 0 Å². The topological polar surface area (TPSA) is 35.2 Å². The zero-order valence-corrected chi connectivity index (χ0v) is 11.8. The molecule has 0 radical (unpaired) electrons. The van der Waals surface area contributed by atoms with Crippen LogP contribution in [-0.4, -0.2) is 13.2 Å². The minimum Gasteiger partial charge on any atom is -0.492 e. The van der Waals surface area contributed by atoms with Gasteiger partial charge < -0.3 is 10.5 Å². The standard InChI is InChI=1S/C12H16Cl3NO/c13-9-5-6-10(12(15)11(9)14)17-8-4-2-1-3-7-16/h5-6H,1-4,7-8,16H2. The largest absolute Gasteiger partial charge is 0.492 e. The van der Waals surface area contributed by atoms with Gasteiger partial charge in [-0.2, -0.15) is 0 Å². The first-order valence-corrected chi connectivity index (χ1v) is 6.76. The minimum absolute atomic E-state index is 0.342. The van der Waals surface area contributed by atoms with E-state index in [-0.39, 0.29) is 0 Å². The Bertz CT molecular complexity index is 358. The molecule has 2 nitrogen and oxygen atoms in total. The second kappa shape index (κ2) is 8.04. The summed E-state index contributed by atoms with van der Waals surface area (Å²) in [6.45, 7) is 1.38. The molecule has 0 aliphatic carbocycles. The lowest BCUT2D eigenvalue weighted by atomic mass is 10.2. The van der Waals surface area contributed by atoms with Crippen LogP contribution in [0.15, 0.2) is 12.1 Å². The van der Waals surface area contributed by atoms with E-state index in [1.165, 1.54) is 0 Å². The molecule has 0 spiro atoms. The van der Waals surface area contributed by atoms with Gasteiger partial charge in [-0.05, 0) is 31.5 Å². The number of hydrogen-bond donors (Lipinski definition) is 1. The van der Waals surface area contributed by atoms with Crippen LogP contribution in [0.5, 0.6) is 5.75 Å². The molecule has 0 aromatic heterocycles. The average Bonchev–Trinajstić information content (AvgIpc) is 2.33. The van der Waals surface area contributed by atoms with E-state index in [1.54, 1.807) is 12.1 Å². The molecule has 1 aromatic rings. The monoisotopic (exact) mass is 295 g/mol. The van der Waals surface area contributed by atoms with Crippen molar-refractivity contribution in [2.24, 2.45) is 5.73 Å². The number of halogens is 3. The summed E-state index contributed by atoms with van der Waals surface area (Å²) >= 11 is 17.7. The lowest BCUT2D eigenvalue weighted by molar-refractivity contribution is 0.305. The summed E-state index contributed by atoms with van der Waals surface area (Å²) in [6.07, 6.45) is 4.29. The fraction of sp³-hybridized carbons (Fsp3) is 0.500. The highest BCUT2D eigenvalue weighted by Gasteiger charge is 2.09. The van der Waals surface area contributed by atoms with Gasteiger partial charge in [0.1, 0.15) is 10.8 Å². The fourth-order valence-corrected chi connectivity index (χ4v) is 1.98. The van der Waals surface area contributed by atoms with Crippen LogP contribution in [0.25, 0.3) is 0 Å². The SMILES string of the molecule is NCCCCCCOc1ccc(Cl)c(Cl)c1Cl. The third-order valence-electron chi connectivity index (χ3n) is 2.36. The lowest BCUT2D eigenvalue weighted by Gasteiger charge is -2.09. The second-order valence-electron chi connectivity index (χ2n) is 3.72. The molecule has 0 saturated carbocycles. The molecule has 0 aliphatic rings. The third-order valence-corrected chi connectivity index (χ3v) is 3.63. The Kier molecular flexibility index (Phi) is 7.05. The van der Waals surface area contributed by atoms with E-state index in [1.807, 2.05) is 0 Å². The predicted octanol–water partition coefficient (Wildman–Crippen LogP) is 4.54. The molecule has 96 valence electrons. The Balaban J connectivity index is 2.35. The summed E-state index contributed by atoms with van der Waals surface area (Å²) in [5.74, 6) is 0.583. The van der Waals surface area contributed by atoms with Gasteiger partial charge in [0.15, 0.2) is 0 Å². The molecule has 1 rings (SSSR count). The van der Waals surface area contributed by atoms with Crippen LogP contribution >= 0.6 is 34.8 Å². The number of ether oxygens (including phenoxy) is 1. The van der Waals surface area contributed by atoms with Gasteiger partial charge in [-0.25, -0.2) is 0 Å². The Hall–Kier alpha value is -0.150. The quantitative estimate of drug-likeness (QED) is 0.592. The zero-order valence-electron chi connectivity index (χ0n) is 9.52. The van der Waals surface area contributed by atoms with Crippen molar-refractivity contribution in [3.8, 4) is 5.75 Å². The molecule has 0 fully saturated rings. The van der Waals surface area contributed by atoms with Crippen molar-refractivity contribution in [3.05, 3.63) is 27.2 Å². The van der Waals surface area contributed by atoms with Crippen molar-refractivity contribution in [2.45, 2.75) is 25.7 Å². The molecule has 0 atom stereocenters. The van der Waals surface area contributed by atoms with Crippen LogP contribution in [0.3, 0.4) is 0 Å². The highest BCUT2D eigenvalue weighted by Crippen LogP contribution is 2.37. The van der Waals surface area contributed by atoms with Gasteiger partial charge in [-0.15, -0.1) is 0 Å². The maximum absolute atomic E-state index is 6.00. The highest BCUT2D eigenvalue weighted by atomic mass is 35.5. The first-order chi connectivity index (χ1) is 8.16. The van der Waals surface area contributed by atoms with Gasteiger partial charge in [0.05, 0.1) is 16.7 Å². The smallest absolute Gasteiger partial charge is 0.139 e. The van der Waals surface area contributed by atoms with Crippen LogP contribution in [0.2, 0.25) is 15.1 Å². The molecule has 0 saturated heterocycles. The van der Waals surface area contributed by atoms with Crippen molar-refractivity contribution >= 4 is 34.8 Å². The Morgan fingerprint density at radius 3 is 2.35 bits per heavy atom. The summed E-state index contributed by atoms with van der Waals surface area (Å²) in [5.41, 5.74) is 5.41. The van der Waals surface area contributed by atoms with Gasteiger partial charge in [0.25, 0.3) is 0 Å². The molecule has 2 N–H and O–H groups in total. The number of nitrogens with two attached hydrogens (primary N) is 1. The maximum Gasteiger partial charge on any atom is 0.139 e. The fourth-order valence-electron chi connectivity index (χ4n) is 1.40. The summed E-state index contributed by atoms with van der Waals surface area (Å²) in [6, 6.07) is 3.41. The van der Waals surface area contributed by atoms with E-state index in [9.17, 15) is 0 Å². The van der Waals surface area contributed by atoms with E-state index in [2.05, 4.69) is 0 Å². The Morgan fingerprint density at radius 2 is 1.65 bits per heavy atom. The number of unbranched alkanes of at least 4 members (excludes halogenated alkanes) is 3. The van der Waals surface area contributed by atoms with Crippen molar-refractivity contribution in [1.82, 2.24) is 0 Å². The summed E-state index contributed by atoms with van der Waals surface area (Å²) in [7, 11) is 0. The van der Waals surface area contributed by atoms with Crippen LogP contribution in [0, 0.1) is 0 Å². The van der Waals surface area contributed by atoms with E-state index in [0.29, 0.717) is 27.4 Å². The van der Waals surface area contributed by atoms with Gasteiger partial charge in [-0.1, -0.05) is 47.6 Å². The third kappa shape index (κ3) is 4.92. The van der Waals surface area contributed by atoms with E-state index in [0.717, 1.165) is 32.2 Å². The molecular weight excluding hydrogens is 280 g/mol. The Labute approximate surface area is 117 Å². The normalized spacial score (nSPS) is 10.6. The number of rotatable bonds is 7. The number of benzene rings is 1. The predicted molar refractivity (Wildman–Crippen MR) is 74.5 cm³/mol. The van der Waals surface area contributed by atoms with Crippen LogP contribution < -0.4 is 10.5 Å². The van der Waals surface area contributed by atoms with Gasteiger partial charge in [0, 0.05) is 0 Å². The van der Waals surface area contributed by atoms with Crippen molar-refractivity contribution in [3.63, 3.8) is 0 Å². The molecule has 0 heterocycles. The molecule has 5 heteroatoms. The molecule has 1 aromatic carbocycles. The van der Waals surface area contributed by atoms with Crippen LogP contribution in [-0.2, 0) is 0 Å². The lowest BCUT2D eigenvalue weighted by Crippen LogP contribution is -2.00. The molecular formula is C12H16Cl3NO. The Morgan fingerprint density at radius 1 is 0.941 bits per heavy atom. The number of hydrogen-bond acceptors (Lipinski definition) is 2. The average molecular weight is 297 g/mol. The van der Waals surface area contributed by atoms with Crippen molar-refractivity contribution < 1.29 is 4.74 Å². The van der Waals surface area contributed by atoms with Gasteiger partial charge >= 0.3 is 0 Å². The van der Waals surface area contributed by atoms with Crippen molar-refractivity contribution in [1.29, 1.82) is 0 Å². The molecule has 17 heavy (non-hydrogen) atoms. The first-order valence-electron chi connectivity index (χ1n) is 5.63. The van der Waals surface area contributed by atoms with E-state index < -0.39 is 0 Å². The highest BCUT2D eigenvalue weighted by molar-refractivity contribution is 6.48. The van der Waals surface area contributed by atoms with Crippen LogP contribution in [0.4, 0.5) is 0 Å². The maximum atomic E-state index is 6.00. The first kappa shape index (κ1) is 14.9. The summed E-state index contributed by atoms with van der Waals surface area (Å²) < 4.78 is 5.55. The molecule has 0 amide bonds. The zero-order chi connectivity index (χ0) is 12.7. The van der Waals surface area contributed by atoms with Gasteiger partial charge in [0.2, 0.25) is 0 Å². The molecule has 0 unspecified atom stereocenters. The second-order valence-corrected chi connectivity index (χ2v) is 4.89. The van der Waals surface area contributed by atoms with E-state index >= 15 is 0 Å².